The van der Waals surface area contributed by atoms with Crippen molar-refractivity contribution in [2.45, 2.75) is 13.0 Å². The molecule has 0 fully saturated rings. The number of hydrogen-bond donors (Lipinski definition) is 1. The topological polar surface area (TPSA) is 45.0 Å². The normalized spacial score (nSPS) is 11.2. The first-order valence-corrected chi connectivity index (χ1v) is 7.36. The highest BCUT2D eigenvalue weighted by Gasteiger charge is 2.12. The summed E-state index contributed by atoms with van der Waals surface area (Å²) in [7, 11) is 1.56. The lowest BCUT2D eigenvalue weighted by molar-refractivity contribution is 0.413. The Balaban J connectivity index is 2.22. The van der Waals surface area contributed by atoms with Gasteiger partial charge in [-0.05, 0) is 41.8 Å². The molecule has 23 heavy (non-hydrogen) atoms. The van der Waals surface area contributed by atoms with Gasteiger partial charge in [0.15, 0.2) is 0 Å². The minimum absolute atomic E-state index is 0.0102. The van der Waals surface area contributed by atoms with E-state index in [2.05, 4.69) is 24.5 Å². The Morgan fingerprint density at radius 2 is 2.04 bits per heavy atom. The van der Waals surface area contributed by atoms with E-state index < -0.39 is 0 Å². The average Bonchev–Trinajstić information content (AvgIpc) is 2.60. The summed E-state index contributed by atoms with van der Waals surface area (Å²) in [5.41, 5.74) is 4.44. The lowest BCUT2D eigenvalue weighted by Gasteiger charge is -2.20. The minimum atomic E-state index is 0.0102. The first kappa shape index (κ1) is 16.4. The fraction of sp³-hybridized carbons (Fsp3) is 0.150. The molecule has 2 rings (SSSR count). The Morgan fingerprint density at radius 1 is 1.30 bits per heavy atom. The van der Waals surface area contributed by atoms with E-state index in [4.69, 9.17) is 4.74 Å². The van der Waals surface area contributed by atoms with Gasteiger partial charge in [-0.2, -0.15) is 5.26 Å². The van der Waals surface area contributed by atoms with Gasteiger partial charge in [0.05, 0.1) is 12.7 Å². The van der Waals surface area contributed by atoms with Crippen molar-refractivity contribution in [3.05, 3.63) is 72.3 Å². The van der Waals surface area contributed by atoms with Gasteiger partial charge in [0.25, 0.3) is 0 Å². The molecule has 2 aromatic rings. The van der Waals surface area contributed by atoms with Crippen molar-refractivity contribution in [3.8, 4) is 11.8 Å². The van der Waals surface area contributed by atoms with Crippen LogP contribution in [0.25, 0.3) is 11.6 Å². The summed E-state index contributed by atoms with van der Waals surface area (Å²) in [5, 5.41) is 12.6. The third-order valence-corrected chi connectivity index (χ3v) is 3.75. The fourth-order valence-corrected chi connectivity index (χ4v) is 2.42. The molecule has 1 atom stereocenters. The molecule has 0 bridgehead atoms. The number of anilines is 1. The summed E-state index contributed by atoms with van der Waals surface area (Å²) in [6.07, 6.45) is 1.83. The first-order chi connectivity index (χ1) is 11.1. The predicted octanol–water partition coefficient (Wildman–Crippen LogP) is 4.72. The van der Waals surface area contributed by atoms with E-state index in [9.17, 15) is 5.26 Å². The van der Waals surface area contributed by atoms with Gasteiger partial charge < -0.3 is 10.1 Å². The Bertz CT molecular complexity index is 771. The van der Waals surface area contributed by atoms with E-state index in [1.165, 1.54) is 0 Å². The van der Waals surface area contributed by atoms with Crippen molar-refractivity contribution in [2.75, 3.05) is 12.4 Å². The fourth-order valence-electron chi connectivity index (χ4n) is 2.42. The third kappa shape index (κ3) is 3.61. The van der Waals surface area contributed by atoms with Gasteiger partial charge in [0.2, 0.25) is 0 Å². The molecule has 0 aliphatic heterocycles. The van der Waals surface area contributed by atoms with Crippen LogP contribution in [0.2, 0.25) is 0 Å². The third-order valence-electron chi connectivity index (χ3n) is 3.75. The lowest BCUT2D eigenvalue weighted by atomic mass is 9.96. The van der Waals surface area contributed by atoms with Crippen LogP contribution in [0.1, 0.15) is 23.6 Å². The van der Waals surface area contributed by atoms with Gasteiger partial charge in [-0.1, -0.05) is 43.5 Å². The molecule has 0 saturated heterocycles. The zero-order chi connectivity index (χ0) is 16.8. The number of rotatable bonds is 6. The van der Waals surface area contributed by atoms with Crippen LogP contribution in [0, 0.1) is 11.3 Å². The van der Waals surface area contributed by atoms with Crippen molar-refractivity contribution in [2.24, 2.45) is 0 Å². The summed E-state index contributed by atoms with van der Waals surface area (Å²) in [4.78, 5) is 0. The summed E-state index contributed by atoms with van der Waals surface area (Å²) in [6.45, 7) is 10.1. The monoisotopic (exact) mass is 304 g/mol. The average molecular weight is 304 g/mol. The van der Waals surface area contributed by atoms with Crippen LogP contribution in [0.5, 0.6) is 5.75 Å². The molecule has 0 radical (unpaired) electrons. The molecule has 3 nitrogen and oxygen atoms in total. The number of nitrogens with one attached hydrogen (secondary N) is 1. The molecule has 1 unspecified atom stereocenters. The van der Waals surface area contributed by atoms with Crippen molar-refractivity contribution in [3.63, 3.8) is 0 Å². The van der Waals surface area contributed by atoms with Gasteiger partial charge in [-0.25, -0.2) is 0 Å². The van der Waals surface area contributed by atoms with Gasteiger partial charge in [-0.3, -0.25) is 0 Å². The van der Waals surface area contributed by atoms with E-state index in [1.807, 2.05) is 43.3 Å². The molecule has 3 heteroatoms. The Morgan fingerprint density at radius 3 is 2.70 bits per heavy atom. The van der Waals surface area contributed by atoms with Crippen LogP contribution >= 0.6 is 0 Å². The summed E-state index contributed by atoms with van der Waals surface area (Å²) >= 11 is 0. The van der Waals surface area contributed by atoms with Gasteiger partial charge in [0, 0.05) is 11.7 Å². The van der Waals surface area contributed by atoms with Gasteiger partial charge in [-0.15, -0.1) is 0 Å². The molecule has 0 saturated carbocycles. The molecule has 2 aromatic carbocycles. The van der Waals surface area contributed by atoms with E-state index >= 15 is 0 Å². The van der Waals surface area contributed by atoms with Crippen LogP contribution in [-0.4, -0.2) is 13.2 Å². The van der Waals surface area contributed by atoms with E-state index in [0.29, 0.717) is 11.3 Å². The van der Waals surface area contributed by atoms with Gasteiger partial charge >= 0.3 is 0 Å². The maximum absolute atomic E-state index is 9.18. The van der Waals surface area contributed by atoms with Crippen LogP contribution in [0.15, 0.2) is 55.6 Å². The second-order valence-electron chi connectivity index (χ2n) is 5.21. The number of hydrogen-bond acceptors (Lipinski definition) is 3. The second kappa shape index (κ2) is 7.33. The Labute approximate surface area is 137 Å². The summed E-state index contributed by atoms with van der Waals surface area (Å²) in [5.74, 6) is 0.571. The molecular weight excluding hydrogens is 284 g/mol. The van der Waals surface area contributed by atoms with Crippen molar-refractivity contribution in [1.29, 1.82) is 5.26 Å². The summed E-state index contributed by atoms with van der Waals surface area (Å²) < 4.78 is 5.16. The molecule has 0 heterocycles. The Hall–Kier alpha value is -2.99. The van der Waals surface area contributed by atoms with Gasteiger partial charge in [0.1, 0.15) is 11.8 Å². The van der Waals surface area contributed by atoms with Crippen LogP contribution < -0.4 is 10.1 Å². The van der Waals surface area contributed by atoms with Crippen LogP contribution in [0.3, 0.4) is 0 Å². The minimum Gasteiger partial charge on any atom is -0.495 e. The maximum atomic E-state index is 9.18. The predicted molar refractivity (Wildman–Crippen MR) is 96.4 cm³/mol. The highest BCUT2D eigenvalue weighted by molar-refractivity contribution is 5.77. The molecule has 0 aromatic heterocycles. The van der Waals surface area contributed by atoms with Crippen LogP contribution in [0.4, 0.5) is 5.69 Å². The first-order valence-electron chi connectivity index (χ1n) is 7.36. The Kier molecular flexibility index (Phi) is 5.22. The molecule has 0 aliphatic rings. The van der Waals surface area contributed by atoms with Crippen LogP contribution in [-0.2, 0) is 0 Å². The molecule has 0 aliphatic carbocycles. The van der Waals surface area contributed by atoms with E-state index in [-0.39, 0.29) is 6.04 Å². The summed E-state index contributed by atoms with van der Waals surface area (Å²) in [6, 6.07) is 15.6. The quantitative estimate of drug-likeness (QED) is 0.839. The maximum Gasteiger partial charge on any atom is 0.136 e. The van der Waals surface area contributed by atoms with Crippen molar-refractivity contribution in [1.82, 2.24) is 0 Å². The molecule has 1 N–H and O–H groups in total. The highest BCUT2D eigenvalue weighted by atomic mass is 16.5. The SMILES string of the molecule is C=Cc1ccccc1C(=C)C(C)Nc1ccc(OC)c(C#N)c1. The molecular formula is C20H20N2O. The zero-order valence-electron chi connectivity index (χ0n) is 13.5. The van der Waals surface area contributed by atoms with Crippen molar-refractivity contribution < 1.29 is 4.74 Å². The van der Waals surface area contributed by atoms with Crippen molar-refractivity contribution >= 4 is 17.3 Å². The zero-order valence-corrected chi connectivity index (χ0v) is 13.5. The molecule has 116 valence electrons. The van der Waals surface area contributed by atoms with E-state index in [1.54, 1.807) is 19.2 Å². The number of ether oxygens (including phenoxy) is 1. The molecule has 0 amide bonds. The highest BCUT2D eigenvalue weighted by Crippen LogP contribution is 2.26. The smallest absolute Gasteiger partial charge is 0.136 e. The number of methoxy groups -OCH3 is 1. The second-order valence-corrected chi connectivity index (χ2v) is 5.21. The van der Waals surface area contributed by atoms with E-state index in [0.717, 1.165) is 22.4 Å². The standard InChI is InChI=1S/C20H20N2O/c1-5-16-8-6-7-9-19(16)14(2)15(3)22-18-10-11-20(23-4)17(12-18)13-21/h5-12,15,22H,1-2H2,3-4H3. The number of benzene rings is 2. The number of nitriles is 1. The number of nitrogens with zero attached hydrogens (tertiary/aromatic N) is 1. The largest absolute Gasteiger partial charge is 0.495 e. The lowest BCUT2D eigenvalue weighted by Crippen LogP contribution is -2.17. The molecule has 0 spiro atoms.